The highest BCUT2D eigenvalue weighted by Crippen LogP contribution is 2.14. The van der Waals surface area contributed by atoms with Gasteiger partial charge in [-0.25, -0.2) is 0 Å². The van der Waals surface area contributed by atoms with Crippen LogP contribution in [0.1, 0.15) is 22.8 Å². The number of carbonyl (C=O) groups excluding carboxylic acids is 1. The summed E-state index contributed by atoms with van der Waals surface area (Å²) in [5.74, 6) is -0.466. The van der Waals surface area contributed by atoms with E-state index in [1.807, 2.05) is 6.92 Å². The topological polar surface area (TPSA) is 92.7 Å². The summed E-state index contributed by atoms with van der Waals surface area (Å²) < 4.78 is 34.9. The Morgan fingerprint density at radius 3 is 2.54 bits per heavy atom. The van der Waals surface area contributed by atoms with Gasteiger partial charge in [-0.05, 0) is 43.2 Å². The van der Waals surface area contributed by atoms with Crippen molar-refractivity contribution in [3.8, 4) is 5.75 Å². The molecule has 2 aromatic carbocycles. The maximum Gasteiger partial charge on any atom is 0.300 e. The van der Waals surface area contributed by atoms with E-state index in [4.69, 9.17) is 20.9 Å². The quantitative estimate of drug-likeness (QED) is 0.499. The van der Waals surface area contributed by atoms with Crippen LogP contribution in [0.3, 0.4) is 0 Å². The van der Waals surface area contributed by atoms with Crippen molar-refractivity contribution in [2.45, 2.75) is 19.4 Å². The first-order valence-electron chi connectivity index (χ1n) is 7.92. The Morgan fingerprint density at radius 2 is 1.92 bits per heavy atom. The molecule has 0 unspecified atom stereocenters. The molecule has 0 aromatic heterocycles. The first kappa shape index (κ1) is 20.4. The average Bonchev–Trinajstić information content (AvgIpc) is 2.58. The Bertz CT molecular complexity index is 852. The molecular formula is C18H20ClNO5S. The molecule has 6 nitrogen and oxygen atoms in total. The number of rotatable bonds is 9. The summed E-state index contributed by atoms with van der Waals surface area (Å²) in [4.78, 5) is 12.1. The number of ketones is 1. The van der Waals surface area contributed by atoms with E-state index in [0.717, 1.165) is 5.56 Å². The van der Waals surface area contributed by atoms with E-state index in [2.05, 4.69) is 5.32 Å². The summed E-state index contributed by atoms with van der Waals surface area (Å²) in [7, 11) is -4.17. The summed E-state index contributed by atoms with van der Waals surface area (Å²) in [5, 5.41) is 3.70. The van der Waals surface area contributed by atoms with Gasteiger partial charge in [-0.2, -0.15) is 8.42 Å². The molecule has 140 valence electrons. The van der Waals surface area contributed by atoms with Crippen molar-refractivity contribution in [1.29, 1.82) is 0 Å². The minimum Gasteiger partial charge on any atom is -0.475 e. The second-order valence-electron chi connectivity index (χ2n) is 5.91. The van der Waals surface area contributed by atoms with Crippen LogP contribution in [-0.2, 0) is 16.5 Å². The minimum atomic E-state index is -4.17. The Labute approximate surface area is 157 Å². The molecule has 0 aliphatic carbocycles. The SMILES string of the molecule is C[C@H](Cc1ccc(OCS(=O)(=O)O)cc1)NCC(=O)c1cccc(Cl)c1. The molecule has 1 atom stereocenters. The van der Waals surface area contributed by atoms with Gasteiger partial charge < -0.3 is 10.1 Å². The maximum atomic E-state index is 12.1. The van der Waals surface area contributed by atoms with Gasteiger partial charge in [0.05, 0.1) is 6.54 Å². The van der Waals surface area contributed by atoms with E-state index in [-0.39, 0.29) is 18.4 Å². The molecule has 0 aliphatic rings. The lowest BCUT2D eigenvalue weighted by molar-refractivity contribution is 0.0987. The second kappa shape index (κ2) is 9.14. The van der Waals surface area contributed by atoms with Crippen LogP contribution >= 0.6 is 11.6 Å². The van der Waals surface area contributed by atoms with Gasteiger partial charge in [-0.1, -0.05) is 35.9 Å². The molecule has 0 amide bonds. The van der Waals surface area contributed by atoms with Gasteiger partial charge in [0.2, 0.25) is 5.94 Å². The van der Waals surface area contributed by atoms with E-state index < -0.39 is 16.1 Å². The van der Waals surface area contributed by atoms with E-state index in [1.165, 1.54) is 0 Å². The fraction of sp³-hybridized carbons (Fsp3) is 0.278. The van der Waals surface area contributed by atoms with Crippen LogP contribution in [0.4, 0.5) is 0 Å². The van der Waals surface area contributed by atoms with Crippen LogP contribution in [-0.4, -0.2) is 37.3 Å². The highest BCUT2D eigenvalue weighted by Gasteiger charge is 2.10. The van der Waals surface area contributed by atoms with Crippen molar-refractivity contribution in [2.75, 3.05) is 12.5 Å². The number of carbonyl (C=O) groups is 1. The monoisotopic (exact) mass is 397 g/mol. The zero-order valence-corrected chi connectivity index (χ0v) is 15.8. The third kappa shape index (κ3) is 7.13. The molecular weight excluding hydrogens is 378 g/mol. The van der Waals surface area contributed by atoms with E-state index in [1.54, 1.807) is 48.5 Å². The fourth-order valence-electron chi connectivity index (χ4n) is 2.32. The maximum absolute atomic E-state index is 12.1. The van der Waals surface area contributed by atoms with Crippen LogP contribution in [0.15, 0.2) is 48.5 Å². The van der Waals surface area contributed by atoms with E-state index >= 15 is 0 Å². The van der Waals surface area contributed by atoms with Crippen LogP contribution in [0.25, 0.3) is 0 Å². The van der Waals surface area contributed by atoms with E-state index in [0.29, 0.717) is 22.8 Å². The molecule has 8 heteroatoms. The molecule has 0 radical (unpaired) electrons. The molecule has 0 saturated carbocycles. The lowest BCUT2D eigenvalue weighted by atomic mass is 10.1. The van der Waals surface area contributed by atoms with Crippen molar-refractivity contribution in [3.05, 3.63) is 64.7 Å². The number of benzene rings is 2. The van der Waals surface area contributed by atoms with Gasteiger partial charge >= 0.3 is 10.1 Å². The lowest BCUT2D eigenvalue weighted by Crippen LogP contribution is -2.33. The third-order valence-electron chi connectivity index (χ3n) is 3.60. The molecule has 0 saturated heterocycles. The number of Topliss-reactive ketones (excluding diaryl/α,β-unsaturated/α-hetero) is 1. The van der Waals surface area contributed by atoms with Gasteiger partial charge in [0.1, 0.15) is 5.75 Å². The number of halogens is 1. The molecule has 2 aromatic rings. The van der Waals surface area contributed by atoms with Crippen molar-refractivity contribution in [2.24, 2.45) is 0 Å². The Morgan fingerprint density at radius 1 is 1.23 bits per heavy atom. The molecule has 0 heterocycles. The number of hydrogen-bond donors (Lipinski definition) is 2. The van der Waals surface area contributed by atoms with Gasteiger partial charge in [-0.15, -0.1) is 0 Å². The predicted octanol–water partition coefficient (Wildman–Crippen LogP) is 2.97. The zero-order chi connectivity index (χ0) is 19.2. The highest BCUT2D eigenvalue weighted by molar-refractivity contribution is 7.85. The minimum absolute atomic E-state index is 0.0340. The van der Waals surface area contributed by atoms with Crippen molar-refractivity contribution in [3.63, 3.8) is 0 Å². The number of nitrogens with one attached hydrogen (secondary N) is 1. The van der Waals surface area contributed by atoms with Gasteiger partial charge in [0.15, 0.2) is 5.78 Å². The van der Waals surface area contributed by atoms with Gasteiger partial charge in [-0.3, -0.25) is 9.35 Å². The smallest absolute Gasteiger partial charge is 0.300 e. The molecule has 0 spiro atoms. The Hall–Kier alpha value is -1.93. The molecule has 2 rings (SSSR count). The fourth-order valence-corrected chi connectivity index (χ4v) is 2.80. The van der Waals surface area contributed by atoms with Crippen molar-refractivity contribution < 1.29 is 22.5 Å². The molecule has 26 heavy (non-hydrogen) atoms. The first-order chi connectivity index (χ1) is 12.2. The highest BCUT2D eigenvalue weighted by atomic mass is 35.5. The summed E-state index contributed by atoms with van der Waals surface area (Å²) in [6, 6.07) is 13.7. The van der Waals surface area contributed by atoms with Crippen molar-refractivity contribution in [1.82, 2.24) is 5.32 Å². The molecule has 0 bridgehead atoms. The van der Waals surface area contributed by atoms with Crippen molar-refractivity contribution >= 4 is 27.5 Å². The Kier molecular flexibility index (Phi) is 7.16. The first-order valence-corrected chi connectivity index (χ1v) is 9.91. The summed E-state index contributed by atoms with van der Waals surface area (Å²) in [6.45, 7) is 2.17. The summed E-state index contributed by atoms with van der Waals surface area (Å²) >= 11 is 5.89. The standard InChI is InChI=1S/C18H20ClNO5S/c1-13(20-11-18(21)15-3-2-4-16(19)10-15)9-14-5-7-17(8-6-14)25-12-26(22,23)24/h2-8,10,13,20H,9,11-12H2,1H3,(H,22,23,24)/t13-/m1/s1. The van der Waals surface area contributed by atoms with E-state index in [9.17, 15) is 13.2 Å². The van der Waals surface area contributed by atoms with Crippen LogP contribution < -0.4 is 10.1 Å². The van der Waals surface area contributed by atoms with Crippen LogP contribution in [0, 0.1) is 0 Å². The zero-order valence-electron chi connectivity index (χ0n) is 14.2. The number of hydrogen-bond acceptors (Lipinski definition) is 5. The van der Waals surface area contributed by atoms with Gasteiger partial charge in [0, 0.05) is 16.6 Å². The Balaban J connectivity index is 1.82. The third-order valence-corrected chi connectivity index (χ3v) is 4.25. The van der Waals surface area contributed by atoms with Gasteiger partial charge in [0.25, 0.3) is 0 Å². The average molecular weight is 398 g/mol. The molecule has 2 N–H and O–H groups in total. The normalized spacial score (nSPS) is 12.6. The summed E-state index contributed by atoms with van der Waals surface area (Å²) in [6.07, 6.45) is 0.682. The summed E-state index contributed by atoms with van der Waals surface area (Å²) in [5.41, 5.74) is 1.57. The molecule has 0 aliphatic heterocycles. The lowest BCUT2D eigenvalue weighted by Gasteiger charge is -2.14. The number of ether oxygens (including phenoxy) is 1. The van der Waals surface area contributed by atoms with Crippen LogP contribution in [0.5, 0.6) is 5.75 Å². The second-order valence-corrected chi connectivity index (χ2v) is 7.74. The largest absolute Gasteiger partial charge is 0.475 e. The predicted molar refractivity (Wildman–Crippen MR) is 100 cm³/mol. The van der Waals surface area contributed by atoms with Crippen LogP contribution in [0.2, 0.25) is 5.02 Å². The molecule has 0 fully saturated rings.